The molecule has 1 aliphatic carbocycles. The molecule has 1 amide bonds. The molecule has 1 N–H and O–H groups in total. The summed E-state index contributed by atoms with van der Waals surface area (Å²) in [5, 5.41) is 2.82. The number of hydrogen-bond acceptors (Lipinski definition) is 7. The highest BCUT2D eigenvalue weighted by Gasteiger charge is 2.51. The molecule has 0 aromatic carbocycles. The molecule has 3 atom stereocenters. The van der Waals surface area contributed by atoms with Gasteiger partial charge in [0, 0.05) is 26.8 Å². The van der Waals surface area contributed by atoms with Crippen molar-refractivity contribution in [1.82, 2.24) is 5.32 Å². The van der Waals surface area contributed by atoms with Crippen molar-refractivity contribution < 1.29 is 33.4 Å². The van der Waals surface area contributed by atoms with E-state index in [2.05, 4.69) is 5.32 Å². The zero-order chi connectivity index (χ0) is 19.7. The van der Waals surface area contributed by atoms with E-state index >= 15 is 0 Å². The average molecular weight is 369 g/mol. The van der Waals surface area contributed by atoms with Crippen molar-refractivity contribution in [2.24, 2.45) is 0 Å². The molecule has 0 spiro atoms. The third-order valence-electron chi connectivity index (χ3n) is 4.10. The van der Waals surface area contributed by atoms with E-state index in [1.165, 1.54) is 32.9 Å². The second-order valence-corrected chi connectivity index (χ2v) is 6.21. The molecule has 0 heterocycles. The molecule has 0 aromatic rings. The first kappa shape index (κ1) is 21.7. The maximum absolute atomic E-state index is 11.9. The number of carbonyl (C=O) groups excluding carboxylic acids is 4. The predicted molar refractivity (Wildman–Crippen MR) is 91.9 cm³/mol. The number of carbonyl (C=O) groups is 4. The SMILES string of the molecule is CCOC(=O)/C=C/CC1(NC(C)=O)[C@@H](OC(C)=O)CCC[C@H]1OC(C)=O. The number of amides is 1. The number of hydrogen-bond donors (Lipinski definition) is 1. The molecule has 1 saturated carbocycles. The van der Waals surface area contributed by atoms with Gasteiger partial charge in [-0.2, -0.15) is 0 Å². The smallest absolute Gasteiger partial charge is 0.330 e. The molecule has 0 radical (unpaired) electrons. The van der Waals surface area contributed by atoms with Gasteiger partial charge in [-0.05, 0) is 32.6 Å². The van der Waals surface area contributed by atoms with Crippen molar-refractivity contribution in [3.63, 3.8) is 0 Å². The number of esters is 3. The second kappa shape index (κ2) is 9.94. The molecular formula is C18H27NO7. The van der Waals surface area contributed by atoms with Gasteiger partial charge in [-0.25, -0.2) is 4.79 Å². The van der Waals surface area contributed by atoms with E-state index in [1.54, 1.807) is 6.92 Å². The maximum atomic E-state index is 11.9. The summed E-state index contributed by atoms with van der Waals surface area (Å²) in [7, 11) is 0. The number of ether oxygens (including phenoxy) is 3. The van der Waals surface area contributed by atoms with Crippen LogP contribution in [0.4, 0.5) is 0 Å². The Morgan fingerprint density at radius 2 is 1.58 bits per heavy atom. The van der Waals surface area contributed by atoms with Crippen molar-refractivity contribution >= 4 is 23.8 Å². The van der Waals surface area contributed by atoms with Gasteiger partial charge in [0.1, 0.15) is 17.7 Å². The molecule has 146 valence electrons. The molecule has 1 fully saturated rings. The first-order valence-electron chi connectivity index (χ1n) is 8.67. The standard InChI is InChI=1S/C18H27NO7/c1-5-24-17(23)10-7-11-18(19-12(2)20)15(25-13(3)21)8-6-9-16(18)26-14(4)22/h7,10,15-16H,5-6,8-9,11H2,1-4H3,(H,19,20)/b10-7+/t15-,16+,18?. The van der Waals surface area contributed by atoms with Crippen molar-refractivity contribution in [2.45, 2.75) is 71.1 Å². The zero-order valence-electron chi connectivity index (χ0n) is 15.7. The normalized spacial score (nSPS) is 25.4. The Bertz CT molecular complexity index is 546. The monoisotopic (exact) mass is 369 g/mol. The predicted octanol–water partition coefficient (Wildman–Crippen LogP) is 1.42. The molecule has 0 aromatic heterocycles. The molecule has 0 bridgehead atoms. The Morgan fingerprint density at radius 3 is 2.00 bits per heavy atom. The summed E-state index contributed by atoms with van der Waals surface area (Å²) in [5.74, 6) is -1.87. The maximum Gasteiger partial charge on any atom is 0.330 e. The Kier molecular flexibility index (Phi) is 8.28. The first-order valence-corrected chi connectivity index (χ1v) is 8.67. The summed E-state index contributed by atoms with van der Waals surface area (Å²) in [5.41, 5.74) is -1.15. The van der Waals surface area contributed by atoms with Crippen LogP contribution in [0.2, 0.25) is 0 Å². The van der Waals surface area contributed by atoms with Crippen LogP contribution >= 0.6 is 0 Å². The zero-order valence-corrected chi connectivity index (χ0v) is 15.7. The van der Waals surface area contributed by atoms with Gasteiger partial charge in [-0.3, -0.25) is 14.4 Å². The third kappa shape index (κ3) is 6.16. The Balaban J connectivity index is 3.22. The lowest BCUT2D eigenvalue weighted by Gasteiger charge is -2.47. The lowest BCUT2D eigenvalue weighted by molar-refractivity contribution is -0.172. The topological polar surface area (TPSA) is 108 Å². The van der Waals surface area contributed by atoms with Crippen molar-refractivity contribution in [3.8, 4) is 0 Å². The van der Waals surface area contributed by atoms with Crippen LogP contribution < -0.4 is 5.32 Å². The molecule has 0 aliphatic heterocycles. The molecule has 8 heteroatoms. The van der Waals surface area contributed by atoms with Crippen LogP contribution in [0.15, 0.2) is 12.2 Å². The lowest BCUT2D eigenvalue weighted by atomic mass is 9.74. The van der Waals surface area contributed by atoms with Gasteiger partial charge in [0.2, 0.25) is 5.91 Å². The van der Waals surface area contributed by atoms with E-state index in [0.29, 0.717) is 19.3 Å². The molecule has 1 aliphatic rings. The quantitative estimate of drug-likeness (QED) is 0.411. The number of rotatable bonds is 7. The minimum absolute atomic E-state index is 0.140. The van der Waals surface area contributed by atoms with E-state index in [-0.39, 0.29) is 18.9 Å². The summed E-state index contributed by atoms with van der Waals surface area (Å²) in [6.45, 7) is 5.83. The van der Waals surface area contributed by atoms with Gasteiger partial charge in [0.15, 0.2) is 0 Å². The van der Waals surface area contributed by atoms with E-state index in [9.17, 15) is 19.2 Å². The van der Waals surface area contributed by atoms with Gasteiger partial charge in [0.05, 0.1) is 6.61 Å². The third-order valence-corrected chi connectivity index (χ3v) is 4.10. The first-order chi connectivity index (χ1) is 12.2. The van der Waals surface area contributed by atoms with E-state index in [1.807, 2.05) is 0 Å². The van der Waals surface area contributed by atoms with Crippen LogP contribution in [-0.2, 0) is 33.4 Å². The fourth-order valence-corrected chi connectivity index (χ4v) is 3.28. The van der Waals surface area contributed by atoms with Gasteiger partial charge in [0.25, 0.3) is 0 Å². The summed E-state index contributed by atoms with van der Waals surface area (Å²) >= 11 is 0. The van der Waals surface area contributed by atoms with Crippen LogP contribution in [0.25, 0.3) is 0 Å². The van der Waals surface area contributed by atoms with E-state index in [4.69, 9.17) is 14.2 Å². The van der Waals surface area contributed by atoms with Crippen molar-refractivity contribution in [2.75, 3.05) is 6.61 Å². The molecule has 26 heavy (non-hydrogen) atoms. The summed E-state index contributed by atoms with van der Waals surface area (Å²) in [6, 6.07) is 0. The van der Waals surface area contributed by atoms with Gasteiger partial charge in [-0.1, -0.05) is 6.08 Å². The summed E-state index contributed by atoms with van der Waals surface area (Å²) < 4.78 is 15.7. The van der Waals surface area contributed by atoms with Crippen LogP contribution in [0, 0.1) is 0 Å². The Labute approximate surface area is 153 Å². The van der Waals surface area contributed by atoms with E-state index in [0.717, 1.165) is 0 Å². The van der Waals surface area contributed by atoms with Crippen LogP contribution in [0.5, 0.6) is 0 Å². The Morgan fingerprint density at radius 1 is 1.04 bits per heavy atom. The molecule has 1 rings (SSSR count). The number of nitrogens with one attached hydrogen (secondary N) is 1. The largest absolute Gasteiger partial charge is 0.463 e. The molecular weight excluding hydrogens is 342 g/mol. The summed E-state index contributed by atoms with van der Waals surface area (Å²) in [6.07, 6.45) is 3.22. The highest BCUT2D eigenvalue weighted by molar-refractivity contribution is 5.82. The molecule has 1 unspecified atom stereocenters. The van der Waals surface area contributed by atoms with Crippen molar-refractivity contribution in [3.05, 3.63) is 12.2 Å². The molecule has 0 saturated heterocycles. The Hall–Kier alpha value is -2.38. The van der Waals surface area contributed by atoms with Crippen LogP contribution in [0.3, 0.4) is 0 Å². The van der Waals surface area contributed by atoms with Gasteiger partial charge in [-0.15, -0.1) is 0 Å². The van der Waals surface area contributed by atoms with Crippen molar-refractivity contribution in [1.29, 1.82) is 0 Å². The fraction of sp³-hybridized carbons (Fsp3) is 0.667. The second-order valence-electron chi connectivity index (χ2n) is 6.21. The average Bonchev–Trinajstić information content (AvgIpc) is 2.50. The lowest BCUT2D eigenvalue weighted by Crippen LogP contribution is -2.66. The van der Waals surface area contributed by atoms with Gasteiger partial charge >= 0.3 is 17.9 Å². The highest BCUT2D eigenvalue weighted by Crippen LogP contribution is 2.36. The minimum Gasteiger partial charge on any atom is -0.463 e. The van der Waals surface area contributed by atoms with Crippen LogP contribution in [-0.4, -0.2) is 48.2 Å². The van der Waals surface area contributed by atoms with Crippen LogP contribution in [0.1, 0.15) is 53.4 Å². The van der Waals surface area contributed by atoms with Gasteiger partial charge < -0.3 is 19.5 Å². The van der Waals surface area contributed by atoms with E-state index < -0.39 is 35.7 Å². The molecule has 8 nitrogen and oxygen atoms in total. The fourth-order valence-electron chi connectivity index (χ4n) is 3.28. The highest BCUT2D eigenvalue weighted by atomic mass is 16.6. The minimum atomic E-state index is -1.15. The summed E-state index contributed by atoms with van der Waals surface area (Å²) in [4.78, 5) is 46.5.